The van der Waals surface area contributed by atoms with E-state index in [0.717, 1.165) is 51.9 Å². The van der Waals surface area contributed by atoms with Crippen molar-refractivity contribution in [2.75, 3.05) is 38.1 Å². The zero-order chi connectivity index (χ0) is 16.8. The van der Waals surface area contributed by atoms with Crippen LogP contribution in [-0.4, -0.2) is 49.5 Å². The van der Waals surface area contributed by atoms with E-state index < -0.39 is 0 Å². The van der Waals surface area contributed by atoms with Gasteiger partial charge in [0.2, 0.25) is 5.91 Å². The minimum atomic E-state index is 0.0140. The molecule has 2 fully saturated rings. The number of amides is 2. The topological polar surface area (TPSA) is 70.7 Å². The minimum Gasteiger partial charge on any atom is -0.484 e. The molecule has 1 aromatic carbocycles. The zero-order valence-corrected chi connectivity index (χ0v) is 13.9. The van der Waals surface area contributed by atoms with Crippen molar-refractivity contribution in [3.8, 4) is 5.75 Å². The molecule has 2 aliphatic rings. The number of carbonyl (C=O) groups is 2. The number of piperidine rings is 1. The molecule has 0 bridgehead atoms. The van der Waals surface area contributed by atoms with Crippen molar-refractivity contribution in [1.29, 1.82) is 0 Å². The number of hydrogen-bond donors (Lipinski definition) is 2. The Morgan fingerprint density at radius 2 is 2.08 bits per heavy atom. The maximum atomic E-state index is 12.3. The van der Waals surface area contributed by atoms with Crippen LogP contribution < -0.4 is 15.4 Å². The zero-order valence-electron chi connectivity index (χ0n) is 13.9. The summed E-state index contributed by atoms with van der Waals surface area (Å²) < 4.78 is 5.59. The molecule has 0 saturated carbocycles. The van der Waals surface area contributed by atoms with Crippen LogP contribution in [0.15, 0.2) is 24.3 Å². The number of likely N-dealkylation sites (tertiary alicyclic amines) is 1. The van der Waals surface area contributed by atoms with Gasteiger partial charge in [0.1, 0.15) is 5.75 Å². The third-order valence-electron chi connectivity index (χ3n) is 4.59. The maximum absolute atomic E-state index is 12.3. The second-order valence-corrected chi connectivity index (χ2v) is 6.44. The Morgan fingerprint density at radius 3 is 2.83 bits per heavy atom. The molecule has 6 heteroatoms. The maximum Gasteiger partial charge on any atom is 0.260 e. The number of anilines is 1. The molecule has 1 atom stereocenters. The van der Waals surface area contributed by atoms with E-state index in [1.54, 1.807) is 12.1 Å². The highest BCUT2D eigenvalue weighted by Gasteiger charge is 2.21. The average molecular weight is 331 g/mol. The van der Waals surface area contributed by atoms with Gasteiger partial charge in [-0.15, -0.1) is 0 Å². The van der Waals surface area contributed by atoms with Crippen molar-refractivity contribution in [3.05, 3.63) is 24.3 Å². The predicted molar refractivity (Wildman–Crippen MR) is 92.0 cm³/mol. The van der Waals surface area contributed by atoms with Crippen LogP contribution in [0.1, 0.15) is 25.7 Å². The van der Waals surface area contributed by atoms with Gasteiger partial charge in [0, 0.05) is 31.4 Å². The van der Waals surface area contributed by atoms with Crippen molar-refractivity contribution in [3.63, 3.8) is 0 Å². The first-order valence-corrected chi connectivity index (χ1v) is 8.74. The Hall–Kier alpha value is -2.08. The van der Waals surface area contributed by atoms with Crippen LogP contribution in [0.2, 0.25) is 0 Å². The Bertz CT molecular complexity index is 579. The van der Waals surface area contributed by atoms with E-state index in [2.05, 4.69) is 10.6 Å². The Kier molecular flexibility index (Phi) is 5.69. The highest BCUT2D eigenvalue weighted by atomic mass is 16.5. The molecular formula is C18H25N3O3. The molecule has 0 aromatic heterocycles. The standard InChI is InChI=1S/C18H25N3O3/c22-17(21-9-1-2-10-21)13-24-16-7-3-6-15(11-16)20-18(23)14-5-4-8-19-12-14/h3,6-7,11,14,19H,1-2,4-5,8-10,12-13H2,(H,20,23). The minimum absolute atomic E-state index is 0.0140. The summed E-state index contributed by atoms with van der Waals surface area (Å²) in [6, 6.07) is 7.23. The molecule has 0 spiro atoms. The summed E-state index contributed by atoms with van der Waals surface area (Å²) in [7, 11) is 0. The van der Waals surface area contributed by atoms with E-state index in [-0.39, 0.29) is 24.3 Å². The summed E-state index contributed by atoms with van der Waals surface area (Å²) in [5.41, 5.74) is 0.705. The van der Waals surface area contributed by atoms with Gasteiger partial charge in [-0.25, -0.2) is 0 Å². The third-order valence-corrected chi connectivity index (χ3v) is 4.59. The van der Waals surface area contributed by atoms with E-state index >= 15 is 0 Å². The van der Waals surface area contributed by atoms with Gasteiger partial charge in [-0.2, -0.15) is 0 Å². The van der Waals surface area contributed by atoms with Crippen molar-refractivity contribution >= 4 is 17.5 Å². The molecule has 24 heavy (non-hydrogen) atoms. The second kappa shape index (κ2) is 8.15. The third kappa shape index (κ3) is 4.47. The summed E-state index contributed by atoms with van der Waals surface area (Å²) >= 11 is 0. The number of ether oxygens (including phenoxy) is 1. The summed E-state index contributed by atoms with van der Waals surface area (Å²) in [5.74, 6) is 0.671. The smallest absolute Gasteiger partial charge is 0.260 e. The summed E-state index contributed by atoms with van der Waals surface area (Å²) in [4.78, 5) is 26.1. The lowest BCUT2D eigenvalue weighted by molar-refractivity contribution is -0.132. The number of nitrogens with zero attached hydrogens (tertiary/aromatic N) is 1. The van der Waals surface area contributed by atoms with Gasteiger partial charge < -0.3 is 20.3 Å². The van der Waals surface area contributed by atoms with Gasteiger partial charge >= 0.3 is 0 Å². The fourth-order valence-electron chi connectivity index (χ4n) is 3.19. The second-order valence-electron chi connectivity index (χ2n) is 6.44. The van der Waals surface area contributed by atoms with Gasteiger partial charge in [-0.1, -0.05) is 6.07 Å². The average Bonchev–Trinajstić information content (AvgIpc) is 3.15. The molecule has 130 valence electrons. The SMILES string of the molecule is O=C(Nc1cccc(OCC(=O)N2CCCC2)c1)C1CCCNC1. The molecular weight excluding hydrogens is 306 g/mol. The normalized spacial score (nSPS) is 20.7. The van der Waals surface area contributed by atoms with Crippen LogP contribution in [-0.2, 0) is 9.59 Å². The van der Waals surface area contributed by atoms with E-state index in [1.165, 1.54) is 0 Å². The number of benzene rings is 1. The molecule has 2 saturated heterocycles. The van der Waals surface area contributed by atoms with Gasteiger partial charge in [0.15, 0.2) is 6.61 Å². The van der Waals surface area contributed by atoms with Crippen molar-refractivity contribution in [1.82, 2.24) is 10.2 Å². The van der Waals surface area contributed by atoms with Crippen LogP contribution in [0.4, 0.5) is 5.69 Å². The molecule has 2 aliphatic heterocycles. The molecule has 0 radical (unpaired) electrons. The molecule has 2 N–H and O–H groups in total. The van der Waals surface area contributed by atoms with Crippen molar-refractivity contribution in [2.45, 2.75) is 25.7 Å². The molecule has 1 aromatic rings. The Morgan fingerprint density at radius 1 is 1.25 bits per heavy atom. The van der Waals surface area contributed by atoms with E-state index in [0.29, 0.717) is 11.4 Å². The van der Waals surface area contributed by atoms with Gasteiger partial charge in [0.25, 0.3) is 5.91 Å². The molecule has 1 unspecified atom stereocenters. The van der Waals surface area contributed by atoms with Crippen LogP contribution >= 0.6 is 0 Å². The Labute approximate surface area is 142 Å². The lowest BCUT2D eigenvalue weighted by Crippen LogP contribution is -2.37. The summed E-state index contributed by atoms with van der Waals surface area (Å²) in [6.07, 6.45) is 4.09. The van der Waals surface area contributed by atoms with Crippen LogP contribution in [0, 0.1) is 5.92 Å². The highest BCUT2D eigenvalue weighted by molar-refractivity contribution is 5.93. The first-order chi connectivity index (χ1) is 11.7. The number of carbonyl (C=O) groups excluding carboxylic acids is 2. The lowest BCUT2D eigenvalue weighted by atomic mass is 9.99. The van der Waals surface area contributed by atoms with Crippen molar-refractivity contribution in [2.24, 2.45) is 5.92 Å². The van der Waals surface area contributed by atoms with E-state index in [9.17, 15) is 9.59 Å². The fourth-order valence-corrected chi connectivity index (χ4v) is 3.19. The number of hydrogen-bond acceptors (Lipinski definition) is 4. The first kappa shape index (κ1) is 16.8. The van der Waals surface area contributed by atoms with Crippen LogP contribution in [0.3, 0.4) is 0 Å². The molecule has 2 amide bonds. The fraction of sp³-hybridized carbons (Fsp3) is 0.556. The molecule has 0 aliphatic carbocycles. The first-order valence-electron chi connectivity index (χ1n) is 8.74. The van der Waals surface area contributed by atoms with Gasteiger partial charge in [-0.3, -0.25) is 9.59 Å². The monoisotopic (exact) mass is 331 g/mol. The van der Waals surface area contributed by atoms with Crippen LogP contribution in [0.5, 0.6) is 5.75 Å². The lowest BCUT2D eigenvalue weighted by Gasteiger charge is -2.22. The highest BCUT2D eigenvalue weighted by Crippen LogP contribution is 2.20. The van der Waals surface area contributed by atoms with E-state index in [1.807, 2.05) is 17.0 Å². The van der Waals surface area contributed by atoms with Crippen molar-refractivity contribution < 1.29 is 14.3 Å². The molecule has 2 heterocycles. The summed E-state index contributed by atoms with van der Waals surface area (Å²) in [5, 5.41) is 6.19. The van der Waals surface area contributed by atoms with Gasteiger partial charge in [0.05, 0.1) is 5.92 Å². The Balaban J connectivity index is 1.51. The molecule has 3 rings (SSSR count). The quantitative estimate of drug-likeness (QED) is 0.860. The van der Waals surface area contributed by atoms with Gasteiger partial charge in [-0.05, 0) is 44.4 Å². The predicted octanol–water partition coefficient (Wildman–Crippen LogP) is 1.63. The van der Waals surface area contributed by atoms with E-state index in [4.69, 9.17) is 4.74 Å². The molecule has 6 nitrogen and oxygen atoms in total. The summed E-state index contributed by atoms with van der Waals surface area (Å²) in [6.45, 7) is 3.41. The largest absolute Gasteiger partial charge is 0.484 e. The number of nitrogens with one attached hydrogen (secondary N) is 2. The van der Waals surface area contributed by atoms with Crippen LogP contribution in [0.25, 0.3) is 0 Å². The number of rotatable bonds is 5.